The van der Waals surface area contributed by atoms with Crippen LogP contribution in [0.3, 0.4) is 0 Å². The molecule has 0 aliphatic heterocycles. The summed E-state index contributed by atoms with van der Waals surface area (Å²) in [5.41, 5.74) is 0. The number of guanidine groups is 1. The average molecular weight is 452 g/mol. The van der Waals surface area contributed by atoms with Gasteiger partial charge in [0.25, 0.3) is 0 Å². The van der Waals surface area contributed by atoms with Crippen LogP contribution in [0, 0.1) is 0 Å². The van der Waals surface area contributed by atoms with Crippen molar-refractivity contribution in [2.45, 2.75) is 90.6 Å². The normalized spacial score (nSPS) is 16.4. The highest BCUT2D eigenvalue weighted by molar-refractivity contribution is 14.0. The van der Waals surface area contributed by atoms with Crippen LogP contribution in [0.4, 0.5) is 0 Å². The first-order valence-corrected chi connectivity index (χ1v) is 9.49. The molecule has 0 aromatic heterocycles. The van der Waals surface area contributed by atoms with Crippen LogP contribution in [0.1, 0.15) is 78.6 Å². The second-order valence-electron chi connectivity index (χ2n) is 6.60. The van der Waals surface area contributed by atoms with E-state index in [-0.39, 0.29) is 29.9 Å². The zero-order chi connectivity index (χ0) is 16.9. The molecule has 142 valence electrons. The summed E-state index contributed by atoms with van der Waals surface area (Å²) in [7, 11) is 0. The first kappa shape index (κ1) is 23.5. The Labute approximate surface area is 165 Å². The molecule has 1 atom stereocenters. The van der Waals surface area contributed by atoms with Crippen molar-refractivity contribution in [2.75, 3.05) is 13.1 Å². The molecule has 1 amide bonds. The number of hydrogen-bond acceptors (Lipinski definition) is 2. The topological polar surface area (TPSA) is 65.5 Å². The Morgan fingerprint density at radius 2 is 1.92 bits per heavy atom. The molecule has 0 aromatic carbocycles. The molecular weight excluding hydrogens is 415 g/mol. The van der Waals surface area contributed by atoms with Crippen LogP contribution < -0.4 is 16.0 Å². The minimum Gasteiger partial charge on any atom is -0.357 e. The van der Waals surface area contributed by atoms with Gasteiger partial charge in [-0.2, -0.15) is 0 Å². The molecule has 0 bridgehead atoms. The maximum atomic E-state index is 11.9. The fraction of sp³-hybridized carbons (Fsp3) is 0.889. The Kier molecular flexibility index (Phi) is 14.5. The van der Waals surface area contributed by atoms with Gasteiger partial charge in [-0.15, -0.1) is 24.0 Å². The Balaban J connectivity index is 0.00000529. The highest BCUT2D eigenvalue weighted by Crippen LogP contribution is 2.17. The quantitative estimate of drug-likeness (QED) is 0.206. The van der Waals surface area contributed by atoms with Crippen molar-refractivity contribution >= 4 is 35.8 Å². The van der Waals surface area contributed by atoms with Crippen molar-refractivity contribution in [1.82, 2.24) is 16.0 Å². The minimum atomic E-state index is 0. The lowest BCUT2D eigenvalue weighted by molar-refractivity contribution is -0.121. The minimum absolute atomic E-state index is 0. The zero-order valence-corrected chi connectivity index (χ0v) is 18.0. The summed E-state index contributed by atoms with van der Waals surface area (Å²) in [4.78, 5) is 16.4. The van der Waals surface area contributed by atoms with E-state index in [0.29, 0.717) is 25.0 Å². The third-order valence-corrected chi connectivity index (χ3v) is 4.30. The van der Waals surface area contributed by atoms with E-state index in [1.807, 2.05) is 0 Å². The zero-order valence-electron chi connectivity index (χ0n) is 15.7. The molecule has 3 N–H and O–H groups in total. The van der Waals surface area contributed by atoms with E-state index < -0.39 is 0 Å². The van der Waals surface area contributed by atoms with Crippen molar-refractivity contribution in [1.29, 1.82) is 0 Å². The number of aliphatic imine (C=N–C) groups is 1. The fourth-order valence-electron chi connectivity index (χ4n) is 2.97. The molecule has 1 aliphatic carbocycles. The van der Waals surface area contributed by atoms with Gasteiger partial charge in [-0.3, -0.25) is 9.79 Å². The lowest BCUT2D eigenvalue weighted by atomic mass is 10.1. The summed E-state index contributed by atoms with van der Waals surface area (Å²) in [6, 6.07) is 0.808. The Morgan fingerprint density at radius 1 is 1.21 bits per heavy atom. The van der Waals surface area contributed by atoms with E-state index in [4.69, 9.17) is 0 Å². The van der Waals surface area contributed by atoms with E-state index in [1.165, 1.54) is 32.1 Å². The first-order valence-electron chi connectivity index (χ1n) is 9.49. The van der Waals surface area contributed by atoms with Crippen LogP contribution >= 0.6 is 24.0 Å². The van der Waals surface area contributed by atoms with Crippen molar-refractivity contribution in [2.24, 2.45) is 4.99 Å². The summed E-state index contributed by atoms with van der Waals surface area (Å²) < 4.78 is 0. The molecule has 0 radical (unpaired) electrons. The highest BCUT2D eigenvalue weighted by atomic mass is 127. The molecular formula is C18H37IN4O. The van der Waals surface area contributed by atoms with Crippen LogP contribution in [-0.4, -0.2) is 37.0 Å². The third-order valence-electron chi connectivity index (χ3n) is 4.30. The molecule has 1 aliphatic rings. The fourth-order valence-corrected chi connectivity index (χ4v) is 2.97. The number of nitrogens with one attached hydrogen (secondary N) is 3. The molecule has 6 heteroatoms. The van der Waals surface area contributed by atoms with Crippen LogP contribution in [0.25, 0.3) is 0 Å². The molecule has 0 aromatic rings. The average Bonchev–Trinajstić information content (AvgIpc) is 3.00. The standard InChI is InChI=1S/C18H36N4O.HI/c1-4-6-7-10-15(3)21-18(19-5-2)20-14-13-17(23)22-16-11-8-9-12-16;/h15-16H,4-14H2,1-3H3,(H,22,23)(H2,19,20,21);1H. The number of halogens is 1. The van der Waals surface area contributed by atoms with Gasteiger partial charge in [0, 0.05) is 25.0 Å². The number of unbranched alkanes of at least 4 members (excludes halogenated alkanes) is 2. The van der Waals surface area contributed by atoms with Crippen LogP contribution in [0.15, 0.2) is 4.99 Å². The molecule has 0 saturated heterocycles. The van der Waals surface area contributed by atoms with E-state index in [0.717, 1.165) is 31.8 Å². The van der Waals surface area contributed by atoms with Crippen molar-refractivity contribution in [3.63, 3.8) is 0 Å². The number of amides is 1. The van der Waals surface area contributed by atoms with Crippen molar-refractivity contribution in [3.05, 3.63) is 0 Å². The number of carbonyl (C=O) groups excluding carboxylic acids is 1. The molecule has 1 unspecified atom stereocenters. The summed E-state index contributed by atoms with van der Waals surface area (Å²) in [6.07, 6.45) is 10.1. The molecule has 0 heterocycles. The van der Waals surface area contributed by atoms with Crippen molar-refractivity contribution < 1.29 is 4.79 Å². The number of nitrogens with zero attached hydrogens (tertiary/aromatic N) is 1. The van der Waals surface area contributed by atoms with Crippen LogP contribution in [0.2, 0.25) is 0 Å². The molecule has 0 spiro atoms. The lowest BCUT2D eigenvalue weighted by Crippen LogP contribution is -2.42. The summed E-state index contributed by atoms with van der Waals surface area (Å²) in [5.74, 6) is 0.956. The predicted octanol–water partition coefficient (Wildman–Crippen LogP) is 3.58. The number of rotatable bonds is 10. The van der Waals surface area contributed by atoms with Gasteiger partial charge in [-0.05, 0) is 33.1 Å². The van der Waals surface area contributed by atoms with E-state index >= 15 is 0 Å². The van der Waals surface area contributed by atoms with Crippen LogP contribution in [0.5, 0.6) is 0 Å². The van der Waals surface area contributed by atoms with Gasteiger partial charge in [0.1, 0.15) is 0 Å². The van der Waals surface area contributed by atoms with Gasteiger partial charge in [-0.25, -0.2) is 0 Å². The summed E-state index contributed by atoms with van der Waals surface area (Å²) >= 11 is 0. The van der Waals surface area contributed by atoms with Gasteiger partial charge >= 0.3 is 0 Å². The Morgan fingerprint density at radius 3 is 2.54 bits per heavy atom. The Hall–Kier alpha value is -0.530. The van der Waals surface area contributed by atoms with Gasteiger partial charge < -0.3 is 16.0 Å². The molecule has 1 rings (SSSR count). The number of carbonyl (C=O) groups is 1. The SMILES string of the molecule is CCCCCC(C)NC(=NCCC(=O)NC1CCCC1)NCC.I. The van der Waals surface area contributed by atoms with E-state index in [9.17, 15) is 4.79 Å². The molecule has 1 saturated carbocycles. The smallest absolute Gasteiger partial charge is 0.222 e. The lowest BCUT2D eigenvalue weighted by Gasteiger charge is -2.17. The van der Waals surface area contributed by atoms with Gasteiger partial charge in [0.2, 0.25) is 5.91 Å². The summed E-state index contributed by atoms with van der Waals surface area (Å²) in [6.45, 7) is 7.85. The largest absolute Gasteiger partial charge is 0.357 e. The molecule has 1 fully saturated rings. The van der Waals surface area contributed by atoms with Gasteiger partial charge in [0.15, 0.2) is 5.96 Å². The van der Waals surface area contributed by atoms with Gasteiger partial charge in [0.05, 0.1) is 6.54 Å². The summed E-state index contributed by atoms with van der Waals surface area (Å²) in [5, 5.41) is 9.80. The van der Waals surface area contributed by atoms with E-state index in [2.05, 4.69) is 41.7 Å². The van der Waals surface area contributed by atoms with E-state index in [1.54, 1.807) is 0 Å². The Bertz CT molecular complexity index is 357. The second kappa shape index (κ2) is 14.8. The first-order chi connectivity index (χ1) is 11.2. The predicted molar refractivity (Wildman–Crippen MR) is 113 cm³/mol. The maximum absolute atomic E-state index is 11.9. The second-order valence-corrected chi connectivity index (χ2v) is 6.60. The third kappa shape index (κ3) is 11.1. The van der Waals surface area contributed by atoms with Crippen LogP contribution in [-0.2, 0) is 4.79 Å². The van der Waals surface area contributed by atoms with Gasteiger partial charge in [-0.1, -0.05) is 39.0 Å². The maximum Gasteiger partial charge on any atom is 0.222 e. The highest BCUT2D eigenvalue weighted by Gasteiger charge is 2.16. The molecule has 24 heavy (non-hydrogen) atoms. The monoisotopic (exact) mass is 452 g/mol. The molecule has 5 nitrogen and oxygen atoms in total. The van der Waals surface area contributed by atoms with Crippen molar-refractivity contribution in [3.8, 4) is 0 Å². The number of hydrogen-bond donors (Lipinski definition) is 3.